The lowest BCUT2D eigenvalue weighted by molar-refractivity contribution is 0.252. The number of aromatic nitrogens is 2. The van der Waals surface area contributed by atoms with Gasteiger partial charge in [-0.15, -0.1) is 0 Å². The lowest BCUT2D eigenvalue weighted by Crippen LogP contribution is -2.30. The third kappa shape index (κ3) is 6.49. The molecule has 2 N–H and O–H groups in total. The van der Waals surface area contributed by atoms with E-state index in [1.807, 2.05) is 55.5 Å². The van der Waals surface area contributed by atoms with E-state index in [4.69, 9.17) is 9.72 Å². The van der Waals surface area contributed by atoms with E-state index in [0.29, 0.717) is 18.9 Å². The van der Waals surface area contributed by atoms with Crippen molar-refractivity contribution >= 4 is 23.5 Å². The molecule has 1 aromatic heterocycles. The highest BCUT2D eigenvalue weighted by Crippen LogP contribution is 2.36. The number of nitrogens with zero attached hydrogens (tertiary/aromatic N) is 2. The molecule has 1 heterocycles. The highest BCUT2D eigenvalue weighted by molar-refractivity contribution is 7.99. The average Bonchev–Trinajstić information content (AvgIpc) is 3.27. The Labute approximate surface area is 217 Å². The van der Waals surface area contributed by atoms with Crippen molar-refractivity contribution in [1.29, 1.82) is 0 Å². The van der Waals surface area contributed by atoms with Crippen molar-refractivity contribution in [2.45, 2.75) is 32.0 Å². The van der Waals surface area contributed by atoms with E-state index >= 15 is 0 Å². The summed E-state index contributed by atoms with van der Waals surface area (Å²) in [6.07, 6.45) is 1.00. The van der Waals surface area contributed by atoms with Crippen molar-refractivity contribution in [3.8, 4) is 28.3 Å². The molecule has 4 rings (SSSR count). The molecule has 186 valence electrons. The largest absolute Gasteiger partial charge is 0.494 e. The van der Waals surface area contributed by atoms with Crippen LogP contribution in [0.15, 0.2) is 90.1 Å². The molecule has 0 spiro atoms. The topological polar surface area (TPSA) is 68.2 Å². The molecule has 6 nitrogen and oxygen atoms in total. The number of amides is 2. The molecule has 7 heteroatoms. The summed E-state index contributed by atoms with van der Waals surface area (Å²) in [5, 5.41) is 6.76. The zero-order valence-corrected chi connectivity index (χ0v) is 21.6. The molecule has 0 aliphatic heterocycles. The minimum absolute atomic E-state index is 0.230. The Bertz CT molecular complexity index is 1240. The normalized spacial score (nSPS) is 10.7. The zero-order chi connectivity index (χ0) is 25.2. The van der Waals surface area contributed by atoms with Gasteiger partial charge >= 0.3 is 6.03 Å². The maximum absolute atomic E-state index is 12.3. The number of ether oxygens (including phenoxy) is 1. The molecule has 0 saturated carbocycles. The van der Waals surface area contributed by atoms with Gasteiger partial charge in [-0.25, -0.2) is 9.78 Å². The highest BCUT2D eigenvalue weighted by Gasteiger charge is 2.19. The molecular weight excluding hydrogens is 468 g/mol. The number of carbonyl (C=O) groups is 1. The first kappa shape index (κ1) is 25.4. The number of imidazole rings is 1. The molecule has 0 atom stereocenters. The van der Waals surface area contributed by atoms with Crippen molar-refractivity contribution in [2.24, 2.45) is 0 Å². The number of anilines is 1. The summed E-state index contributed by atoms with van der Waals surface area (Å²) in [6.45, 7) is 6.13. The second-order valence-electron chi connectivity index (χ2n) is 8.16. The maximum Gasteiger partial charge on any atom is 0.319 e. The summed E-state index contributed by atoms with van der Waals surface area (Å²) in [7, 11) is 0. The lowest BCUT2D eigenvalue weighted by atomic mass is 10.0. The van der Waals surface area contributed by atoms with Gasteiger partial charge in [-0.3, -0.25) is 0 Å². The fraction of sp³-hybridized carbons (Fsp3) is 0.241. The van der Waals surface area contributed by atoms with E-state index in [0.717, 1.165) is 52.1 Å². The number of nitrogens with one attached hydrogen (secondary N) is 2. The molecule has 0 unspecified atom stereocenters. The predicted molar refractivity (Wildman–Crippen MR) is 149 cm³/mol. The Balaban J connectivity index is 1.44. The summed E-state index contributed by atoms with van der Waals surface area (Å²) in [4.78, 5) is 17.4. The third-order valence-electron chi connectivity index (χ3n) is 5.52. The average molecular weight is 501 g/mol. The molecule has 0 fully saturated rings. The Morgan fingerprint density at radius 2 is 1.58 bits per heavy atom. The molecule has 2 amide bonds. The van der Waals surface area contributed by atoms with Crippen LogP contribution in [0.4, 0.5) is 10.5 Å². The van der Waals surface area contributed by atoms with Gasteiger partial charge in [-0.05, 0) is 37.6 Å². The summed E-state index contributed by atoms with van der Waals surface area (Å²) in [6, 6.07) is 27.9. The first-order valence-corrected chi connectivity index (χ1v) is 13.3. The number of rotatable bonds is 11. The van der Waals surface area contributed by atoms with Crippen LogP contribution in [0.3, 0.4) is 0 Å². The summed E-state index contributed by atoms with van der Waals surface area (Å²) < 4.78 is 7.75. The van der Waals surface area contributed by atoms with Crippen molar-refractivity contribution in [1.82, 2.24) is 14.9 Å². The molecule has 0 saturated heterocycles. The molecular formula is C29H32N4O2S. The summed E-state index contributed by atoms with van der Waals surface area (Å²) in [5.74, 6) is 1.49. The monoisotopic (exact) mass is 500 g/mol. The maximum atomic E-state index is 12.3. The Hall–Kier alpha value is -3.71. The number of thioether (sulfide) groups is 1. The van der Waals surface area contributed by atoms with E-state index in [1.165, 1.54) is 0 Å². The predicted octanol–water partition coefficient (Wildman–Crippen LogP) is 6.94. The van der Waals surface area contributed by atoms with Crippen LogP contribution >= 0.6 is 11.8 Å². The van der Waals surface area contributed by atoms with E-state index in [2.05, 4.69) is 58.5 Å². The van der Waals surface area contributed by atoms with E-state index in [1.54, 1.807) is 11.8 Å². The van der Waals surface area contributed by atoms with E-state index < -0.39 is 0 Å². The number of urea groups is 1. The van der Waals surface area contributed by atoms with E-state index in [-0.39, 0.29) is 6.03 Å². The Morgan fingerprint density at radius 3 is 2.22 bits per heavy atom. The molecule has 4 aromatic rings. The van der Waals surface area contributed by atoms with Crippen LogP contribution in [0.25, 0.3) is 22.5 Å². The number of hydrogen-bond acceptors (Lipinski definition) is 4. The van der Waals surface area contributed by atoms with Crippen LogP contribution in [-0.2, 0) is 6.54 Å². The molecule has 0 bridgehead atoms. The van der Waals surface area contributed by atoms with Crippen LogP contribution < -0.4 is 15.4 Å². The third-order valence-corrected chi connectivity index (χ3v) is 6.49. The quantitative estimate of drug-likeness (QED) is 0.173. The fourth-order valence-electron chi connectivity index (χ4n) is 3.94. The van der Waals surface area contributed by atoms with Gasteiger partial charge in [0.25, 0.3) is 0 Å². The molecule has 36 heavy (non-hydrogen) atoms. The van der Waals surface area contributed by atoms with Gasteiger partial charge in [0.1, 0.15) is 5.75 Å². The number of benzene rings is 3. The smallest absolute Gasteiger partial charge is 0.319 e. The van der Waals surface area contributed by atoms with Crippen LogP contribution in [0, 0.1) is 0 Å². The van der Waals surface area contributed by atoms with Gasteiger partial charge in [-0.2, -0.15) is 0 Å². The highest BCUT2D eigenvalue weighted by atomic mass is 32.2. The van der Waals surface area contributed by atoms with Gasteiger partial charge < -0.3 is 19.9 Å². The Morgan fingerprint density at radius 1 is 0.917 bits per heavy atom. The second kappa shape index (κ2) is 12.8. The first-order chi connectivity index (χ1) is 17.7. The molecule has 0 aliphatic carbocycles. The minimum Gasteiger partial charge on any atom is -0.494 e. The standard InChI is InChI=1S/C29H32N4O2S/c1-3-20-33-27(23-13-9-6-10-14-23)26(22-11-7-5-8-12-22)32-29(33)36-21-19-30-28(34)31-24-15-17-25(18-16-24)35-4-2/h5-18H,3-4,19-21H2,1-2H3,(H2,30,31,34). The molecule has 0 aliphatic rings. The number of carbonyl (C=O) groups excluding carboxylic acids is 1. The van der Waals surface area contributed by atoms with Gasteiger partial charge in [0.2, 0.25) is 0 Å². The zero-order valence-electron chi connectivity index (χ0n) is 20.7. The van der Waals surface area contributed by atoms with Crippen LogP contribution in [0.2, 0.25) is 0 Å². The molecule has 3 aromatic carbocycles. The van der Waals surface area contributed by atoms with Crippen LogP contribution in [0.1, 0.15) is 20.3 Å². The van der Waals surface area contributed by atoms with Crippen molar-refractivity contribution in [2.75, 3.05) is 24.2 Å². The van der Waals surface area contributed by atoms with Crippen molar-refractivity contribution < 1.29 is 9.53 Å². The van der Waals surface area contributed by atoms with Crippen molar-refractivity contribution in [3.63, 3.8) is 0 Å². The van der Waals surface area contributed by atoms with Gasteiger partial charge in [0, 0.05) is 35.7 Å². The van der Waals surface area contributed by atoms with Gasteiger partial charge in [0.15, 0.2) is 5.16 Å². The SMILES string of the molecule is CCCn1c(SCCNC(=O)Nc2ccc(OCC)cc2)nc(-c2ccccc2)c1-c1ccccc1. The fourth-order valence-corrected chi connectivity index (χ4v) is 4.82. The van der Waals surface area contributed by atoms with E-state index in [9.17, 15) is 4.79 Å². The first-order valence-electron chi connectivity index (χ1n) is 12.3. The Kier molecular flexibility index (Phi) is 9.05. The van der Waals surface area contributed by atoms with Crippen LogP contribution in [0.5, 0.6) is 5.75 Å². The molecule has 0 radical (unpaired) electrons. The van der Waals surface area contributed by atoms with Gasteiger partial charge in [-0.1, -0.05) is 79.3 Å². The summed E-state index contributed by atoms with van der Waals surface area (Å²) in [5.41, 5.74) is 5.09. The number of hydrogen-bond donors (Lipinski definition) is 2. The van der Waals surface area contributed by atoms with Crippen LogP contribution in [-0.4, -0.2) is 34.5 Å². The second-order valence-corrected chi connectivity index (χ2v) is 9.22. The lowest BCUT2D eigenvalue weighted by Gasteiger charge is -2.12. The van der Waals surface area contributed by atoms with Crippen molar-refractivity contribution in [3.05, 3.63) is 84.9 Å². The minimum atomic E-state index is -0.230. The van der Waals surface area contributed by atoms with Gasteiger partial charge in [0.05, 0.1) is 18.0 Å². The summed E-state index contributed by atoms with van der Waals surface area (Å²) >= 11 is 1.66.